The summed E-state index contributed by atoms with van der Waals surface area (Å²) in [5.74, 6) is 1.20. The van der Waals surface area contributed by atoms with E-state index in [2.05, 4.69) is 38.1 Å². The van der Waals surface area contributed by atoms with Crippen molar-refractivity contribution in [3.63, 3.8) is 0 Å². The van der Waals surface area contributed by atoms with Gasteiger partial charge in [-0.1, -0.05) is 75.9 Å². The van der Waals surface area contributed by atoms with Crippen molar-refractivity contribution < 1.29 is 14.3 Å². The van der Waals surface area contributed by atoms with Gasteiger partial charge < -0.3 is 4.74 Å². The van der Waals surface area contributed by atoms with Gasteiger partial charge in [0.2, 0.25) is 0 Å². The van der Waals surface area contributed by atoms with Gasteiger partial charge in [-0.2, -0.15) is 0 Å². The fourth-order valence-corrected chi connectivity index (χ4v) is 4.38. The second-order valence-electron chi connectivity index (χ2n) is 8.85. The number of Topliss-reactive ketones (excluding diaryl/α,β-unsaturated/α-hetero) is 2. The lowest BCUT2D eigenvalue weighted by molar-refractivity contribution is -0.135. The summed E-state index contributed by atoms with van der Waals surface area (Å²) in [6, 6.07) is 16.3. The van der Waals surface area contributed by atoms with Crippen LogP contribution in [0.3, 0.4) is 0 Å². The number of ketones is 2. The van der Waals surface area contributed by atoms with Gasteiger partial charge in [0, 0.05) is 12.8 Å². The van der Waals surface area contributed by atoms with Crippen molar-refractivity contribution in [2.45, 2.75) is 71.6 Å². The summed E-state index contributed by atoms with van der Waals surface area (Å²) in [5, 5.41) is 0. The van der Waals surface area contributed by atoms with E-state index in [1.165, 1.54) is 19.3 Å². The fraction of sp³-hybridized carbons (Fsp3) is 0.500. The second-order valence-corrected chi connectivity index (χ2v) is 8.85. The molecule has 0 bridgehead atoms. The smallest absolute Gasteiger partial charge is 0.147 e. The Morgan fingerprint density at radius 1 is 0.903 bits per heavy atom. The van der Waals surface area contributed by atoms with Crippen LogP contribution in [-0.4, -0.2) is 18.2 Å². The molecule has 0 aliphatic heterocycles. The monoisotopic (exact) mass is 420 g/mol. The van der Waals surface area contributed by atoms with Gasteiger partial charge in [-0.05, 0) is 54.0 Å². The number of hydrogen-bond donors (Lipinski definition) is 0. The first-order valence-electron chi connectivity index (χ1n) is 12.0. The molecule has 0 aromatic heterocycles. The third-order valence-corrected chi connectivity index (χ3v) is 6.49. The Bertz CT molecular complexity index is 836. The molecule has 0 amide bonds. The van der Waals surface area contributed by atoms with Crippen LogP contribution in [0.1, 0.15) is 70.8 Å². The maximum absolute atomic E-state index is 12.7. The topological polar surface area (TPSA) is 43.4 Å². The quantitative estimate of drug-likeness (QED) is 0.296. The minimum Gasteiger partial charge on any atom is -0.494 e. The van der Waals surface area contributed by atoms with Gasteiger partial charge in [-0.25, -0.2) is 0 Å². The Hall–Kier alpha value is -2.42. The number of benzene rings is 2. The Morgan fingerprint density at radius 2 is 1.58 bits per heavy atom. The van der Waals surface area contributed by atoms with Gasteiger partial charge in [0.15, 0.2) is 0 Å². The molecule has 0 spiro atoms. The van der Waals surface area contributed by atoms with E-state index in [1.807, 2.05) is 24.3 Å². The van der Waals surface area contributed by atoms with Crippen LogP contribution >= 0.6 is 0 Å². The molecule has 2 aromatic rings. The zero-order valence-corrected chi connectivity index (χ0v) is 19.1. The molecule has 0 heterocycles. The van der Waals surface area contributed by atoms with Gasteiger partial charge in [0.05, 0.1) is 12.5 Å². The lowest BCUT2D eigenvalue weighted by atomic mass is 9.77. The first-order valence-corrected chi connectivity index (χ1v) is 12.0. The summed E-state index contributed by atoms with van der Waals surface area (Å²) in [6.45, 7) is 5.10. The van der Waals surface area contributed by atoms with Crippen molar-refractivity contribution >= 4 is 11.6 Å². The minimum absolute atomic E-state index is 0.0766. The first-order chi connectivity index (χ1) is 15.1. The Morgan fingerprint density at radius 3 is 2.19 bits per heavy atom. The molecule has 0 saturated heterocycles. The Labute approximate surface area is 187 Å². The SMILES string of the molecule is CCCCCCOc1ccc(-c2ccc(CC(=O)C3CCC(CC)CC3=O)cc2)cc1. The maximum atomic E-state index is 12.7. The zero-order chi connectivity index (χ0) is 22.1. The molecule has 0 radical (unpaired) electrons. The number of ether oxygens (including phenoxy) is 1. The molecule has 2 aromatic carbocycles. The largest absolute Gasteiger partial charge is 0.494 e. The maximum Gasteiger partial charge on any atom is 0.147 e. The molecule has 31 heavy (non-hydrogen) atoms. The van der Waals surface area contributed by atoms with E-state index in [0.717, 1.165) is 54.7 Å². The highest BCUT2D eigenvalue weighted by Gasteiger charge is 2.32. The van der Waals surface area contributed by atoms with Gasteiger partial charge in [0.1, 0.15) is 17.3 Å². The van der Waals surface area contributed by atoms with Crippen LogP contribution in [0, 0.1) is 11.8 Å². The molecule has 2 atom stereocenters. The van der Waals surface area contributed by atoms with E-state index in [9.17, 15) is 9.59 Å². The fourth-order valence-electron chi connectivity index (χ4n) is 4.38. The summed E-state index contributed by atoms with van der Waals surface area (Å²) in [7, 11) is 0. The Balaban J connectivity index is 1.51. The summed E-state index contributed by atoms with van der Waals surface area (Å²) in [5.41, 5.74) is 3.22. The molecule has 0 N–H and O–H groups in total. The van der Waals surface area contributed by atoms with Crippen LogP contribution in [0.15, 0.2) is 48.5 Å². The predicted molar refractivity (Wildman–Crippen MR) is 126 cm³/mol. The minimum atomic E-state index is -0.392. The van der Waals surface area contributed by atoms with Gasteiger partial charge in [0.25, 0.3) is 0 Å². The molecular formula is C28H36O3. The molecule has 1 aliphatic carbocycles. The molecule has 1 aliphatic rings. The molecular weight excluding hydrogens is 384 g/mol. The van der Waals surface area contributed by atoms with Crippen LogP contribution < -0.4 is 4.74 Å². The average molecular weight is 421 g/mol. The number of hydrogen-bond acceptors (Lipinski definition) is 3. The van der Waals surface area contributed by atoms with Crippen LogP contribution in [0.5, 0.6) is 5.75 Å². The van der Waals surface area contributed by atoms with E-state index < -0.39 is 5.92 Å². The number of carbonyl (C=O) groups excluding carboxylic acids is 2. The lowest BCUT2D eigenvalue weighted by Crippen LogP contribution is -2.31. The second kappa shape index (κ2) is 11.8. The summed E-state index contributed by atoms with van der Waals surface area (Å²) >= 11 is 0. The zero-order valence-electron chi connectivity index (χ0n) is 19.1. The van der Waals surface area contributed by atoms with E-state index in [1.54, 1.807) is 0 Å². The average Bonchev–Trinajstić information content (AvgIpc) is 2.79. The molecule has 2 unspecified atom stereocenters. The number of carbonyl (C=O) groups is 2. The van der Waals surface area contributed by atoms with Gasteiger partial charge in [-0.15, -0.1) is 0 Å². The molecule has 3 nitrogen and oxygen atoms in total. The van der Waals surface area contributed by atoms with E-state index in [0.29, 0.717) is 18.8 Å². The van der Waals surface area contributed by atoms with Crippen molar-refractivity contribution in [3.05, 3.63) is 54.1 Å². The normalized spacial score (nSPS) is 18.7. The van der Waals surface area contributed by atoms with E-state index >= 15 is 0 Å². The van der Waals surface area contributed by atoms with Gasteiger partial charge in [-0.3, -0.25) is 9.59 Å². The summed E-state index contributed by atoms with van der Waals surface area (Å²) in [6.07, 6.45) is 8.49. The highest BCUT2D eigenvalue weighted by Crippen LogP contribution is 2.30. The van der Waals surface area contributed by atoms with E-state index in [-0.39, 0.29) is 11.6 Å². The molecule has 1 fully saturated rings. The molecule has 3 rings (SSSR count). The van der Waals surface area contributed by atoms with Crippen LogP contribution in [-0.2, 0) is 16.0 Å². The van der Waals surface area contributed by atoms with Crippen molar-refractivity contribution in [1.82, 2.24) is 0 Å². The van der Waals surface area contributed by atoms with Crippen molar-refractivity contribution in [1.29, 1.82) is 0 Å². The number of rotatable bonds is 11. The molecule has 1 saturated carbocycles. The molecule has 166 valence electrons. The van der Waals surface area contributed by atoms with Crippen molar-refractivity contribution in [3.8, 4) is 16.9 Å². The van der Waals surface area contributed by atoms with E-state index in [4.69, 9.17) is 4.74 Å². The standard InChI is InChI=1S/C28H36O3/c1-3-5-6-7-18-31-25-15-13-24(14-16-25)23-11-8-22(9-12-23)20-28(30)26-17-10-21(4-2)19-27(26)29/h8-9,11-16,21,26H,3-7,10,17-20H2,1-2H3. The molecule has 3 heteroatoms. The van der Waals surface area contributed by atoms with Crippen molar-refractivity contribution in [2.75, 3.05) is 6.61 Å². The highest BCUT2D eigenvalue weighted by molar-refractivity contribution is 6.03. The van der Waals surface area contributed by atoms with Crippen LogP contribution in [0.25, 0.3) is 11.1 Å². The number of unbranched alkanes of at least 4 members (excludes halogenated alkanes) is 3. The van der Waals surface area contributed by atoms with Crippen molar-refractivity contribution in [2.24, 2.45) is 11.8 Å². The van der Waals surface area contributed by atoms with Crippen LogP contribution in [0.2, 0.25) is 0 Å². The predicted octanol–water partition coefficient (Wildman–Crippen LogP) is 6.82. The highest BCUT2D eigenvalue weighted by atomic mass is 16.5. The Kier molecular flexibility index (Phi) is 8.87. The lowest BCUT2D eigenvalue weighted by Gasteiger charge is -2.25. The third kappa shape index (κ3) is 6.78. The summed E-state index contributed by atoms with van der Waals surface area (Å²) < 4.78 is 5.82. The summed E-state index contributed by atoms with van der Waals surface area (Å²) in [4.78, 5) is 25.0. The van der Waals surface area contributed by atoms with Crippen LogP contribution in [0.4, 0.5) is 0 Å². The third-order valence-electron chi connectivity index (χ3n) is 6.49. The first kappa shape index (κ1) is 23.2. The van der Waals surface area contributed by atoms with Gasteiger partial charge >= 0.3 is 0 Å².